The molecular formula is C34H8F8N6. The molecule has 230 valence electrons. The molecule has 0 aliphatic heterocycles. The second-order valence-electron chi connectivity index (χ2n) is 9.92. The van der Waals surface area contributed by atoms with Crippen molar-refractivity contribution >= 4 is 33.4 Å². The van der Waals surface area contributed by atoms with Gasteiger partial charge in [0.15, 0.2) is 0 Å². The van der Waals surface area contributed by atoms with Crippen molar-refractivity contribution in [3.8, 4) is 36.4 Å². The maximum atomic E-state index is 16.9. The molecule has 0 saturated heterocycles. The van der Waals surface area contributed by atoms with Gasteiger partial charge < -0.3 is 0 Å². The highest BCUT2D eigenvalue weighted by atomic mass is 19.4. The Kier molecular flexibility index (Phi) is 7.71. The van der Waals surface area contributed by atoms with E-state index in [0.717, 1.165) is 0 Å². The van der Waals surface area contributed by atoms with E-state index in [4.69, 9.17) is 0 Å². The van der Waals surface area contributed by atoms with Crippen LogP contribution < -0.4 is 0 Å². The smallest absolute Gasteiger partial charge is 0.206 e. The van der Waals surface area contributed by atoms with Crippen LogP contribution in [0, 0.1) is 79.6 Å². The van der Waals surface area contributed by atoms with Crippen molar-refractivity contribution in [1.29, 1.82) is 31.6 Å². The van der Waals surface area contributed by atoms with Crippen LogP contribution in [-0.4, -0.2) is 0 Å². The van der Waals surface area contributed by atoms with Gasteiger partial charge in [-0.3, -0.25) is 0 Å². The van der Waals surface area contributed by atoms with Crippen LogP contribution >= 0.6 is 0 Å². The van der Waals surface area contributed by atoms with Crippen LogP contribution in [-0.2, 0) is 12.4 Å². The number of nitriles is 6. The quantitative estimate of drug-likeness (QED) is 0.201. The monoisotopic (exact) mass is 652 g/mol. The average molecular weight is 652 g/mol. The summed E-state index contributed by atoms with van der Waals surface area (Å²) < 4.78 is 118. The van der Waals surface area contributed by atoms with Gasteiger partial charge in [-0.05, 0) is 23.3 Å². The molecule has 48 heavy (non-hydrogen) atoms. The van der Waals surface area contributed by atoms with E-state index >= 15 is 17.6 Å². The summed E-state index contributed by atoms with van der Waals surface area (Å²) in [5.41, 5.74) is -16.2. The predicted octanol–water partition coefficient (Wildman–Crippen LogP) is 8.50. The van der Waals surface area contributed by atoms with Crippen molar-refractivity contribution in [1.82, 2.24) is 0 Å². The maximum absolute atomic E-state index is 16.9. The van der Waals surface area contributed by atoms with Gasteiger partial charge in [0.1, 0.15) is 59.2 Å². The largest absolute Gasteiger partial charge is 0.419 e. The minimum Gasteiger partial charge on any atom is -0.206 e. The first-order chi connectivity index (χ1) is 22.7. The number of benzene rings is 3. The number of fused-ring (bicyclic) bond motifs is 2. The molecule has 5 rings (SSSR count). The van der Waals surface area contributed by atoms with E-state index < -0.39 is 108 Å². The van der Waals surface area contributed by atoms with Crippen molar-refractivity contribution in [3.05, 3.63) is 116 Å². The number of alkyl halides is 6. The number of halogens is 8. The summed E-state index contributed by atoms with van der Waals surface area (Å²) in [6, 6.07) is 16.6. The second-order valence-corrected chi connectivity index (χ2v) is 9.92. The molecule has 0 aromatic heterocycles. The lowest BCUT2D eigenvalue weighted by molar-refractivity contribution is -0.140. The molecule has 0 heterocycles. The molecule has 2 aliphatic carbocycles. The summed E-state index contributed by atoms with van der Waals surface area (Å²) in [5.74, 6) is -3.61. The first-order valence-electron chi connectivity index (χ1n) is 13.0. The minimum atomic E-state index is -5.60. The molecule has 6 nitrogen and oxygen atoms in total. The van der Waals surface area contributed by atoms with E-state index in [1.165, 1.54) is 60.7 Å². The molecule has 3 aromatic carbocycles. The summed E-state index contributed by atoms with van der Waals surface area (Å²) in [7, 11) is 0. The van der Waals surface area contributed by atoms with Crippen LogP contribution in [0.5, 0.6) is 0 Å². The third-order valence-electron chi connectivity index (χ3n) is 7.52. The van der Waals surface area contributed by atoms with E-state index in [2.05, 4.69) is 0 Å². The molecular weight excluding hydrogens is 644 g/mol. The Morgan fingerprint density at radius 3 is 1.38 bits per heavy atom. The van der Waals surface area contributed by atoms with Crippen LogP contribution in [0.1, 0.15) is 44.5 Å². The Hall–Kier alpha value is -7.00. The molecule has 0 fully saturated rings. The molecule has 0 N–H and O–H groups in total. The third kappa shape index (κ3) is 4.65. The normalized spacial score (nSPS) is 13.5. The number of hydrogen-bond acceptors (Lipinski definition) is 6. The Morgan fingerprint density at radius 1 is 0.542 bits per heavy atom. The molecule has 0 unspecified atom stereocenters. The fraction of sp³-hybridized carbons (Fsp3) is 0.0588. The molecule has 14 heteroatoms. The van der Waals surface area contributed by atoms with Crippen molar-refractivity contribution in [3.63, 3.8) is 0 Å². The van der Waals surface area contributed by atoms with E-state index in [9.17, 15) is 49.1 Å². The van der Waals surface area contributed by atoms with E-state index in [0.29, 0.717) is 6.07 Å². The van der Waals surface area contributed by atoms with Gasteiger partial charge in [-0.1, -0.05) is 36.4 Å². The van der Waals surface area contributed by atoms with Gasteiger partial charge in [-0.15, -0.1) is 0 Å². The first kappa shape index (κ1) is 32.4. The SMILES string of the molecule is N#CC(C#N)=C1C(c2ccccc2)=C(C#N)c2c(F)c3c(c(C(F)(F)F)c21)C(=C(C#N)C#N)C(c1ccc(C(F)(F)F)c(F)c1)=C3C#N. The summed E-state index contributed by atoms with van der Waals surface area (Å²) >= 11 is 0. The lowest BCUT2D eigenvalue weighted by Crippen LogP contribution is -2.16. The topological polar surface area (TPSA) is 143 Å². The van der Waals surface area contributed by atoms with Crippen LogP contribution in [0.15, 0.2) is 59.7 Å². The Bertz CT molecular complexity index is 2350. The molecule has 3 aromatic rings. The Balaban J connectivity index is 2.10. The average Bonchev–Trinajstić information content (AvgIpc) is 3.55. The number of hydrogen-bond donors (Lipinski definition) is 0. The van der Waals surface area contributed by atoms with Gasteiger partial charge in [-0.2, -0.15) is 57.9 Å². The molecule has 0 amide bonds. The Labute approximate surface area is 264 Å². The van der Waals surface area contributed by atoms with Gasteiger partial charge in [0.2, 0.25) is 0 Å². The summed E-state index contributed by atoms with van der Waals surface area (Å²) in [6.07, 6.45) is -10.8. The lowest BCUT2D eigenvalue weighted by Gasteiger charge is -2.21. The fourth-order valence-corrected chi connectivity index (χ4v) is 5.80. The highest BCUT2D eigenvalue weighted by molar-refractivity contribution is 6.30. The maximum Gasteiger partial charge on any atom is 0.419 e. The third-order valence-corrected chi connectivity index (χ3v) is 7.52. The first-order valence-corrected chi connectivity index (χ1v) is 13.0. The van der Waals surface area contributed by atoms with Crippen molar-refractivity contribution in [2.75, 3.05) is 0 Å². The zero-order valence-electron chi connectivity index (χ0n) is 23.3. The fourth-order valence-electron chi connectivity index (χ4n) is 5.80. The van der Waals surface area contributed by atoms with Gasteiger partial charge in [-0.25, -0.2) is 8.78 Å². The molecule has 0 radical (unpaired) electrons. The number of allylic oxidation sites excluding steroid dienone is 8. The standard InChI is InChI=1S/C34H8F8N6/c35-22-8-16(6-7-21(22)33(37,38)39)24-20(14-48)28-30(26(24)18(11-45)12-46)31(34(40,41)42)29-25(17(9-43)10-44)23(15-4-2-1-3-5-15)19(13-47)27(29)32(28)36/h1-8H. The van der Waals surface area contributed by atoms with Crippen LogP contribution in [0.25, 0.3) is 33.4 Å². The number of nitrogens with zero attached hydrogens (tertiary/aromatic N) is 6. The van der Waals surface area contributed by atoms with Crippen molar-refractivity contribution < 1.29 is 35.1 Å². The minimum absolute atomic E-state index is 0.00148. The van der Waals surface area contributed by atoms with Gasteiger partial charge in [0.25, 0.3) is 0 Å². The van der Waals surface area contributed by atoms with Crippen molar-refractivity contribution in [2.24, 2.45) is 0 Å². The van der Waals surface area contributed by atoms with E-state index in [1.807, 2.05) is 0 Å². The van der Waals surface area contributed by atoms with Gasteiger partial charge >= 0.3 is 12.4 Å². The Morgan fingerprint density at radius 2 is 1.00 bits per heavy atom. The highest BCUT2D eigenvalue weighted by Gasteiger charge is 2.50. The van der Waals surface area contributed by atoms with E-state index in [-0.39, 0.29) is 17.7 Å². The van der Waals surface area contributed by atoms with Crippen molar-refractivity contribution in [2.45, 2.75) is 12.4 Å². The van der Waals surface area contributed by atoms with Gasteiger partial charge in [0, 0.05) is 44.5 Å². The predicted molar refractivity (Wildman–Crippen MR) is 150 cm³/mol. The summed E-state index contributed by atoms with van der Waals surface area (Å²) in [5, 5.41) is 59.6. The van der Waals surface area contributed by atoms with E-state index in [1.54, 1.807) is 6.07 Å². The van der Waals surface area contributed by atoms with Crippen LogP contribution in [0.4, 0.5) is 35.1 Å². The zero-order chi connectivity index (χ0) is 35.3. The molecule has 0 saturated carbocycles. The molecule has 0 atom stereocenters. The molecule has 0 spiro atoms. The zero-order valence-corrected chi connectivity index (χ0v) is 23.3. The summed E-state index contributed by atoms with van der Waals surface area (Å²) in [6.45, 7) is 0. The number of rotatable bonds is 2. The molecule has 0 bridgehead atoms. The molecule has 2 aliphatic rings. The summed E-state index contributed by atoms with van der Waals surface area (Å²) in [4.78, 5) is 0. The second kappa shape index (κ2) is 11.4. The lowest BCUT2D eigenvalue weighted by atomic mass is 9.83. The highest BCUT2D eigenvalue weighted by Crippen LogP contribution is 2.60. The van der Waals surface area contributed by atoms with Crippen LogP contribution in [0.2, 0.25) is 0 Å². The van der Waals surface area contributed by atoms with Crippen LogP contribution in [0.3, 0.4) is 0 Å². The van der Waals surface area contributed by atoms with Gasteiger partial charge in [0.05, 0.1) is 22.3 Å².